The van der Waals surface area contributed by atoms with Crippen molar-refractivity contribution in [2.75, 3.05) is 0 Å². The van der Waals surface area contributed by atoms with Gasteiger partial charge in [-0.15, -0.1) is 0 Å². The first-order valence-corrected chi connectivity index (χ1v) is 6.51. The van der Waals surface area contributed by atoms with E-state index in [4.69, 9.17) is 4.74 Å². The first kappa shape index (κ1) is 14.7. The van der Waals surface area contributed by atoms with Gasteiger partial charge in [0.1, 0.15) is 5.75 Å². The molecular formula is C14H15N3O4. The lowest BCUT2D eigenvalue weighted by molar-refractivity contribution is -0.385. The smallest absolute Gasteiger partial charge is 0.280 e. The van der Waals surface area contributed by atoms with E-state index in [-0.39, 0.29) is 17.0 Å². The maximum absolute atomic E-state index is 11.5. The Labute approximate surface area is 121 Å². The number of hydrogen-bond donors (Lipinski definition) is 0. The van der Waals surface area contributed by atoms with Crippen LogP contribution in [0.4, 0.5) is 5.69 Å². The standard InChI is InChI=1S/C14H15N3O4/c1-3-6-16-9-12(8-15-16)21-11-4-5-14(17(19)20)13(7-11)10(2)18/h4-5,7-9H,3,6H2,1-2H3. The zero-order valence-electron chi connectivity index (χ0n) is 11.8. The topological polar surface area (TPSA) is 87.3 Å². The molecule has 0 amide bonds. The fraction of sp³-hybridized carbons (Fsp3) is 0.286. The molecule has 1 heterocycles. The number of ether oxygens (including phenoxy) is 1. The number of aromatic nitrogens is 2. The van der Waals surface area contributed by atoms with Crippen molar-refractivity contribution in [1.29, 1.82) is 0 Å². The summed E-state index contributed by atoms with van der Waals surface area (Å²) in [6.07, 6.45) is 4.25. The molecule has 0 saturated heterocycles. The number of carbonyl (C=O) groups excluding carboxylic acids is 1. The number of nitrogens with zero attached hydrogens (tertiary/aromatic N) is 3. The van der Waals surface area contributed by atoms with Gasteiger partial charge in [-0.2, -0.15) is 5.10 Å². The van der Waals surface area contributed by atoms with Gasteiger partial charge in [0.15, 0.2) is 11.5 Å². The van der Waals surface area contributed by atoms with Crippen molar-refractivity contribution in [3.8, 4) is 11.5 Å². The van der Waals surface area contributed by atoms with Gasteiger partial charge < -0.3 is 4.74 Å². The van der Waals surface area contributed by atoms with E-state index in [0.717, 1.165) is 13.0 Å². The van der Waals surface area contributed by atoms with E-state index in [2.05, 4.69) is 5.10 Å². The molecule has 21 heavy (non-hydrogen) atoms. The number of aryl methyl sites for hydroxylation is 1. The Morgan fingerprint density at radius 2 is 2.19 bits per heavy atom. The number of ketones is 1. The molecular weight excluding hydrogens is 274 g/mol. The van der Waals surface area contributed by atoms with Gasteiger partial charge in [0.05, 0.1) is 22.9 Å². The number of nitro benzene ring substituents is 1. The second-order valence-corrected chi connectivity index (χ2v) is 4.53. The summed E-state index contributed by atoms with van der Waals surface area (Å²) in [6.45, 7) is 4.10. The molecule has 0 fully saturated rings. The molecule has 0 spiro atoms. The van der Waals surface area contributed by atoms with Gasteiger partial charge >= 0.3 is 0 Å². The summed E-state index contributed by atoms with van der Waals surface area (Å²) in [5.41, 5.74) is -0.199. The van der Waals surface area contributed by atoms with Crippen LogP contribution < -0.4 is 4.74 Å². The van der Waals surface area contributed by atoms with Gasteiger partial charge in [-0.05, 0) is 25.5 Å². The number of Topliss-reactive ketones (excluding diaryl/α,β-unsaturated/α-hetero) is 1. The van der Waals surface area contributed by atoms with Crippen molar-refractivity contribution in [2.45, 2.75) is 26.8 Å². The van der Waals surface area contributed by atoms with E-state index in [1.54, 1.807) is 17.1 Å². The van der Waals surface area contributed by atoms with Crippen LogP contribution in [0.25, 0.3) is 0 Å². The van der Waals surface area contributed by atoms with Crippen LogP contribution in [0.15, 0.2) is 30.6 Å². The third-order valence-corrected chi connectivity index (χ3v) is 2.84. The Hall–Kier alpha value is -2.70. The van der Waals surface area contributed by atoms with E-state index in [0.29, 0.717) is 11.5 Å². The second-order valence-electron chi connectivity index (χ2n) is 4.53. The molecule has 0 atom stereocenters. The van der Waals surface area contributed by atoms with Crippen LogP contribution in [0.2, 0.25) is 0 Å². The quantitative estimate of drug-likeness (QED) is 0.463. The molecule has 2 rings (SSSR count). The number of carbonyl (C=O) groups is 1. The molecule has 7 heteroatoms. The highest BCUT2D eigenvalue weighted by Crippen LogP contribution is 2.27. The molecule has 1 aromatic carbocycles. The summed E-state index contributed by atoms with van der Waals surface area (Å²) in [6, 6.07) is 4.10. The van der Waals surface area contributed by atoms with Crippen molar-refractivity contribution >= 4 is 11.5 Å². The number of benzene rings is 1. The van der Waals surface area contributed by atoms with E-state index in [1.807, 2.05) is 6.92 Å². The van der Waals surface area contributed by atoms with Crippen LogP contribution in [0.1, 0.15) is 30.6 Å². The largest absolute Gasteiger partial charge is 0.454 e. The predicted octanol–water partition coefficient (Wildman–Crippen LogP) is 3.20. The van der Waals surface area contributed by atoms with Gasteiger partial charge in [0, 0.05) is 12.6 Å². The molecule has 0 aliphatic heterocycles. The summed E-state index contributed by atoms with van der Waals surface area (Å²) in [5.74, 6) is 0.502. The summed E-state index contributed by atoms with van der Waals surface area (Å²) in [4.78, 5) is 21.8. The molecule has 2 aromatic rings. The van der Waals surface area contributed by atoms with Crippen LogP contribution in [0, 0.1) is 10.1 Å². The third-order valence-electron chi connectivity index (χ3n) is 2.84. The molecule has 0 unspecified atom stereocenters. The molecule has 0 N–H and O–H groups in total. The van der Waals surface area contributed by atoms with E-state index in [9.17, 15) is 14.9 Å². The average Bonchev–Trinajstić information content (AvgIpc) is 2.86. The number of rotatable bonds is 6. The van der Waals surface area contributed by atoms with Crippen LogP contribution in [-0.4, -0.2) is 20.5 Å². The van der Waals surface area contributed by atoms with Crippen molar-refractivity contribution in [3.63, 3.8) is 0 Å². The van der Waals surface area contributed by atoms with Gasteiger partial charge in [-0.25, -0.2) is 0 Å². The Kier molecular flexibility index (Phi) is 4.32. The molecule has 0 saturated carbocycles. The fourth-order valence-electron chi connectivity index (χ4n) is 1.90. The normalized spacial score (nSPS) is 10.4. The third kappa shape index (κ3) is 3.44. The number of nitro groups is 1. The van der Waals surface area contributed by atoms with Gasteiger partial charge in [-0.3, -0.25) is 19.6 Å². The lowest BCUT2D eigenvalue weighted by atomic mass is 10.1. The number of hydrogen-bond acceptors (Lipinski definition) is 5. The summed E-state index contributed by atoms with van der Waals surface area (Å²) >= 11 is 0. The monoisotopic (exact) mass is 289 g/mol. The fourth-order valence-corrected chi connectivity index (χ4v) is 1.90. The Morgan fingerprint density at radius 1 is 1.43 bits per heavy atom. The summed E-state index contributed by atoms with van der Waals surface area (Å²) < 4.78 is 7.32. The Morgan fingerprint density at radius 3 is 2.81 bits per heavy atom. The van der Waals surface area contributed by atoms with Crippen molar-refractivity contribution in [2.24, 2.45) is 0 Å². The minimum atomic E-state index is -0.584. The summed E-state index contributed by atoms with van der Waals surface area (Å²) in [7, 11) is 0. The van der Waals surface area contributed by atoms with Gasteiger partial charge in [0.25, 0.3) is 5.69 Å². The minimum absolute atomic E-state index is 0.0263. The molecule has 0 aliphatic rings. The zero-order chi connectivity index (χ0) is 15.4. The second kappa shape index (κ2) is 6.17. The first-order valence-electron chi connectivity index (χ1n) is 6.51. The lowest BCUT2D eigenvalue weighted by Gasteiger charge is -2.05. The Balaban J connectivity index is 2.25. The van der Waals surface area contributed by atoms with E-state index < -0.39 is 4.92 Å². The first-order chi connectivity index (χ1) is 10.0. The maximum Gasteiger partial charge on any atom is 0.280 e. The zero-order valence-corrected chi connectivity index (χ0v) is 11.8. The van der Waals surface area contributed by atoms with E-state index >= 15 is 0 Å². The predicted molar refractivity (Wildman–Crippen MR) is 75.7 cm³/mol. The van der Waals surface area contributed by atoms with Crippen molar-refractivity contribution in [3.05, 3.63) is 46.3 Å². The van der Waals surface area contributed by atoms with Gasteiger partial charge in [0.2, 0.25) is 0 Å². The van der Waals surface area contributed by atoms with Crippen LogP contribution >= 0.6 is 0 Å². The molecule has 0 bridgehead atoms. The summed E-state index contributed by atoms with van der Waals surface area (Å²) in [5, 5.41) is 15.0. The highest BCUT2D eigenvalue weighted by molar-refractivity contribution is 5.98. The maximum atomic E-state index is 11.5. The Bertz CT molecular complexity index is 679. The van der Waals surface area contributed by atoms with Crippen LogP contribution in [0.5, 0.6) is 11.5 Å². The van der Waals surface area contributed by atoms with Crippen LogP contribution in [0.3, 0.4) is 0 Å². The molecule has 0 radical (unpaired) electrons. The lowest BCUT2D eigenvalue weighted by Crippen LogP contribution is -2.00. The highest BCUT2D eigenvalue weighted by Gasteiger charge is 2.18. The van der Waals surface area contributed by atoms with Crippen molar-refractivity contribution in [1.82, 2.24) is 9.78 Å². The minimum Gasteiger partial charge on any atom is -0.454 e. The molecule has 0 aliphatic carbocycles. The SMILES string of the molecule is CCCn1cc(Oc2ccc([N+](=O)[O-])c(C(C)=O)c2)cn1. The molecule has 110 valence electrons. The average molecular weight is 289 g/mol. The van der Waals surface area contributed by atoms with Crippen LogP contribution in [-0.2, 0) is 6.54 Å². The molecule has 7 nitrogen and oxygen atoms in total. The van der Waals surface area contributed by atoms with E-state index in [1.165, 1.54) is 25.1 Å². The highest BCUT2D eigenvalue weighted by atomic mass is 16.6. The van der Waals surface area contributed by atoms with Gasteiger partial charge in [-0.1, -0.05) is 6.92 Å². The van der Waals surface area contributed by atoms with Crippen molar-refractivity contribution < 1.29 is 14.5 Å². The molecule has 1 aromatic heterocycles.